The Labute approximate surface area is 135 Å². The first kappa shape index (κ1) is 16.0. The highest BCUT2D eigenvalue weighted by molar-refractivity contribution is 6.30. The molecule has 2 aromatic rings. The van der Waals surface area contributed by atoms with E-state index in [9.17, 15) is 10.5 Å². The van der Waals surface area contributed by atoms with Gasteiger partial charge < -0.3 is 5.32 Å². The second-order valence-electron chi connectivity index (χ2n) is 5.13. The topological polar surface area (TPSA) is 59.6 Å². The fourth-order valence-electron chi connectivity index (χ4n) is 2.21. The lowest BCUT2D eigenvalue weighted by atomic mass is 9.95. The van der Waals surface area contributed by atoms with E-state index in [2.05, 4.69) is 17.5 Å². The van der Waals surface area contributed by atoms with Gasteiger partial charge in [0, 0.05) is 11.6 Å². The molecule has 0 bridgehead atoms. The molecule has 4 heteroatoms. The number of aryl methyl sites for hydroxylation is 1. The van der Waals surface area contributed by atoms with Crippen LogP contribution in [0.2, 0.25) is 5.02 Å². The third-order valence-corrected chi connectivity index (χ3v) is 3.74. The molecule has 0 fully saturated rings. The second kappa shape index (κ2) is 7.61. The highest BCUT2D eigenvalue weighted by Crippen LogP contribution is 2.23. The van der Waals surface area contributed by atoms with Gasteiger partial charge in [0.05, 0.1) is 18.2 Å². The molecule has 0 saturated carbocycles. The summed E-state index contributed by atoms with van der Waals surface area (Å²) in [5.41, 5.74) is 3.19. The zero-order chi connectivity index (χ0) is 15.9. The second-order valence-corrected chi connectivity index (χ2v) is 5.57. The van der Waals surface area contributed by atoms with Gasteiger partial charge >= 0.3 is 0 Å². The lowest BCUT2D eigenvalue weighted by Crippen LogP contribution is -2.26. The Morgan fingerprint density at radius 3 is 2.14 bits per heavy atom. The van der Waals surface area contributed by atoms with E-state index >= 15 is 0 Å². The van der Waals surface area contributed by atoms with E-state index in [-0.39, 0.29) is 6.04 Å². The summed E-state index contributed by atoms with van der Waals surface area (Å²) >= 11 is 5.90. The van der Waals surface area contributed by atoms with Crippen molar-refractivity contribution >= 4 is 11.6 Å². The summed E-state index contributed by atoms with van der Waals surface area (Å²) in [7, 11) is 0. The Kier molecular flexibility index (Phi) is 5.55. The summed E-state index contributed by atoms with van der Waals surface area (Å²) in [6.45, 7) is 2.63. The number of rotatable bonds is 5. The Morgan fingerprint density at radius 1 is 1.00 bits per heavy atom. The van der Waals surface area contributed by atoms with Crippen molar-refractivity contribution in [1.29, 1.82) is 10.5 Å². The number of hydrogen-bond donors (Lipinski definition) is 1. The van der Waals surface area contributed by atoms with E-state index in [0.717, 1.165) is 11.1 Å². The SMILES string of the molecule is Cc1ccc(CNC(c2ccc(Cl)cc2)C(C#N)C#N)cc1. The molecule has 0 aliphatic heterocycles. The first-order valence-corrected chi connectivity index (χ1v) is 7.35. The van der Waals surface area contributed by atoms with Crippen LogP contribution < -0.4 is 5.32 Å². The van der Waals surface area contributed by atoms with Gasteiger partial charge in [-0.1, -0.05) is 53.6 Å². The summed E-state index contributed by atoms with van der Waals surface area (Å²) in [6.07, 6.45) is 0. The Hall–Kier alpha value is -2.33. The van der Waals surface area contributed by atoms with Gasteiger partial charge in [0.1, 0.15) is 0 Å². The van der Waals surface area contributed by atoms with Crippen LogP contribution in [0.1, 0.15) is 22.7 Å². The van der Waals surface area contributed by atoms with Crippen molar-refractivity contribution < 1.29 is 0 Å². The first-order valence-electron chi connectivity index (χ1n) is 6.97. The van der Waals surface area contributed by atoms with E-state index in [1.807, 2.05) is 43.3 Å². The van der Waals surface area contributed by atoms with Gasteiger partial charge in [0.15, 0.2) is 5.92 Å². The van der Waals surface area contributed by atoms with Crippen molar-refractivity contribution in [3.63, 3.8) is 0 Å². The van der Waals surface area contributed by atoms with Crippen molar-refractivity contribution in [1.82, 2.24) is 5.32 Å². The molecule has 0 aromatic heterocycles. The molecular weight excluding hydrogens is 294 g/mol. The molecule has 1 unspecified atom stereocenters. The number of nitrogens with zero attached hydrogens (tertiary/aromatic N) is 2. The number of halogens is 1. The zero-order valence-corrected chi connectivity index (χ0v) is 13.0. The Bertz CT molecular complexity index is 679. The molecule has 3 nitrogen and oxygen atoms in total. The normalized spacial score (nSPS) is 11.7. The molecule has 0 spiro atoms. The van der Waals surface area contributed by atoms with Crippen LogP contribution in [0.15, 0.2) is 48.5 Å². The van der Waals surface area contributed by atoms with Crippen molar-refractivity contribution in [3.05, 3.63) is 70.2 Å². The van der Waals surface area contributed by atoms with Crippen LogP contribution in [-0.2, 0) is 6.54 Å². The molecule has 1 atom stereocenters. The first-order chi connectivity index (χ1) is 10.6. The van der Waals surface area contributed by atoms with Gasteiger partial charge in [0.25, 0.3) is 0 Å². The summed E-state index contributed by atoms with van der Waals surface area (Å²) < 4.78 is 0. The summed E-state index contributed by atoms with van der Waals surface area (Å²) in [5, 5.41) is 22.4. The standard InChI is InChI=1S/C18H16ClN3/c1-13-2-4-14(5-3-13)12-22-18(16(10-20)11-21)15-6-8-17(19)9-7-15/h2-9,16,18,22H,12H2,1H3. The smallest absolute Gasteiger partial charge is 0.152 e. The average molecular weight is 310 g/mol. The fourth-order valence-corrected chi connectivity index (χ4v) is 2.34. The number of nitrogens with one attached hydrogen (secondary N) is 1. The van der Waals surface area contributed by atoms with E-state index in [4.69, 9.17) is 11.6 Å². The minimum absolute atomic E-state index is 0.353. The number of hydrogen-bond acceptors (Lipinski definition) is 3. The number of nitriles is 2. The molecule has 2 aromatic carbocycles. The highest BCUT2D eigenvalue weighted by Gasteiger charge is 2.22. The quantitative estimate of drug-likeness (QED) is 0.903. The maximum atomic E-state index is 9.21. The molecule has 0 aliphatic rings. The average Bonchev–Trinajstić information content (AvgIpc) is 2.54. The van der Waals surface area contributed by atoms with Crippen molar-refractivity contribution in [2.24, 2.45) is 5.92 Å². The van der Waals surface area contributed by atoms with E-state index in [0.29, 0.717) is 11.6 Å². The highest BCUT2D eigenvalue weighted by atomic mass is 35.5. The minimum atomic E-state index is -0.758. The summed E-state index contributed by atoms with van der Waals surface area (Å²) in [5.74, 6) is -0.758. The molecule has 0 radical (unpaired) electrons. The zero-order valence-electron chi connectivity index (χ0n) is 12.3. The third-order valence-electron chi connectivity index (χ3n) is 3.49. The van der Waals surface area contributed by atoms with Crippen LogP contribution in [0.5, 0.6) is 0 Å². The molecule has 0 amide bonds. The van der Waals surface area contributed by atoms with Gasteiger partial charge in [-0.25, -0.2) is 0 Å². The number of benzene rings is 2. The maximum absolute atomic E-state index is 9.21. The maximum Gasteiger partial charge on any atom is 0.152 e. The largest absolute Gasteiger partial charge is 0.304 e. The van der Waals surface area contributed by atoms with Crippen LogP contribution in [0.25, 0.3) is 0 Å². The molecule has 22 heavy (non-hydrogen) atoms. The van der Waals surface area contributed by atoms with Crippen LogP contribution in [0, 0.1) is 35.5 Å². The van der Waals surface area contributed by atoms with Crippen LogP contribution >= 0.6 is 11.6 Å². The van der Waals surface area contributed by atoms with Crippen molar-refractivity contribution in [2.45, 2.75) is 19.5 Å². The fraction of sp³-hybridized carbons (Fsp3) is 0.222. The van der Waals surface area contributed by atoms with E-state index in [1.165, 1.54) is 5.56 Å². The predicted octanol–water partition coefficient (Wildman–Crippen LogP) is 4.14. The van der Waals surface area contributed by atoms with Gasteiger partial charge in [-0.2, -0.15) is 10.5 Å². The molecular formula is C18H16ClN3. The van der Waals surface area contributed by atoms with E-state index in [1.54, 1.807) is 12.1 Å². The lowest BCUT2D eigenvalue weighted by molar-refractivity contribution is 0.485. The van der Waals surface area contributed by atoms with Gasteiger partial charge in [-0.15, -0.1) is 0 Å². The summed E-state index contributed by atoms with van der Waals surface area (Å²) in [6, 6.07) is 19.1. The molecule has 0 aliphatic carbocycles. The predicted molar refractivity (Wildman–Crippen MR) is 86.9 cm³/mol. The van der Waals surface area contributed by atoms with Crippen molar-refractivity contribution in [2.75, 3.05) is 0 Å². The van der Waals surface area contributed by atoms with E-state index < -0.39 is 5.92 Å². The molecule has 0 saturated heterocycles. The summed E-state index contributed by atoms with van der Waals surface area (Å²) in [4.78, 5) is 0. The lowest BCUT2D eigenvalue weighted by Gasteiger charge is -2.20. The molecule has 1 N–H and O–H groups in total. The Balaban J connectivity index is 2.18. The van der Waals surface area contributed by atoms with Gasteiger partial charge in [-0.3, -0.25) is 0 Å². The van der Waals surface area contributed by atoms with Crippen molar-refractivity contribution in [3.8, 4) is 12.1 Å². The monoisotopic (exact) mass is 309 g/mol. The molecule has 2 rings (SSSR count). The van der Waals surface area contributed by atoms with Gasteiger partial charge in [0.2, 0.25) is 0 Å². The van der Waals surface area contributed by atoms with Gasteiger partial charge in [-0.05, 0) is 30.2 Å². The minimum Gasteiger partial charge on any atom is -0.304 e. The molecule has 110 valence electrons. The van der Waals surface area contributed by atoms with Crippen LogP contribution in [0.3, 0.4) is 0 Å². The molecule has 0 heterocycles. The van der Waals surface area contributed by atoms with Crippen LogP contribution in [-0.4, -0.2) is 0 Å². The third kappa shape index (κ3) is 4.09. The van der Waals surface area contributed by atoms with Crippen LogP contribution in [0.4, 0.5) is 0 Å². The Morgan fingerprint density at radius 2 is 1.59 bits per heavy atom.